The molecule has 1 amide bonds. The van der Waals surface area contributed by atoms with Gasteiger partial charge in [0.1, 0.15) is 16.7 Å². The molecule has 2 aliphatic rings. The fourth-order valence-electron chi connectivity index (χ4n) is 3.28. The largest absolute Gasteiger partial charge is 0.496 e. The van der Waals surface area contributed by atoms with E-state index >= 15 is 0 Å². The zero-order chi connectivity index (χ0) is 19.0. The molecule has 1 N–H and O–H groups in total. The number of rotatable bonds is 4. The number of methoxy groups -OCH3 is 1. The van der Waals surface area contributed by atoms with Gasteiger partial charge in [-0.3, -0.25) is 9.59 Å². The van der Waals surface area contributed by atoms with Crippen molar-refractivity contribution in [2.75, 3.05) is 7.11 Å². The number of carboxylic acids is 1. The van der Waals surface area contributed by atoms with Crippen LogP contribution >= 0.6 is 22.9 Å². The number of carboxylic acid groups (broad SMARTS) is 1. The van der Waals surface area contributed by atoms with Crippen LogP contribution in [0.15, 0.2) is 45.8 Å². The molecule has 2 heterocycles. The number of nitriles is 1. The third-order valence-electron chi connectivity index (χ3n) is 4.44. The standard InChI is InChI=1S/C18H15ClN2O4S/c1-9-11(6-17(22)23)12-5-15(25-2)13(19)7-14(12)21(9)18(24)16-4-3-10(8-20)26-16/h3-5,14H,6-7H2,1-2H3,(H,22,23). The molecule has 0 saturated carbocycles. The van der Waals surface area contributed by atoms with Crippen LogP contribution in [0.2, 0.25) is 0 Å². The normalized spacial score (nSPS) is 19.2. The van der Waals surface area contributed by atoms with Crippen molar-refractivity contribution < 1.29 is 19.4 Å². The van der Waals surface area contributed by atoms with E-state index in [0.717, 1.165) is 16.9 Å². The fraction of sp³-hybridized carbons (Fsp3) is 0.278. The first-order chi connectivity index (χ1) is 12.4. The van der Waals surface area contributed by atoms with Crippen molar-refractivity contribution in [2.24, 2.45) is 0 Å². The quantitative estimate of drug-likeness (QED) is 0.847. The second-order valence-electron chi connectivity index (χ2n) is 5.88. The summed E-state index contributed by atoms with van der Waals surface area (Å²) in [7, 11) is 1.50. The zero-order valence-corrected chi connectivity index (χ0v) is 15.6. The van der Waals surface area contributed by atoms with Gasteiger partial charge >= 0.3 is 5.97 Å². The summed E-state index contributed by atoms with van der Waals surface area (Å²) in [6.45, 7) is 1.73. The second-order valence-corrected chi connectivity index (χ2v) is 7.42. The molecule has 0 aromatic carbocycles. The number of hydrogen-bond donors (Lipinski definition) is 1. The summed E-state index contributed by atoms with van der Waals surface area (Å²) in [5.74, 6) is -0.766. The van der Waals surface area contributed by atoms with Gasteiger partial charge in [-0.1, -0.05) is 11.6 Å². The minimum atomic E-state index is -0.976. The third-order valence-corrected chi connectivity index (χ3v) is 5.76. The predicted molar refractivity (Wildman–Crippen MR) is 96.5 cm³/mol. The molecule has 1 aromatic rings. The lowest BCUT2D eigenvalue weighted by atomic mass is 9.92. The van der Waals surface area contributed by atoms with E-state index in [1.165, 1.54) is 7.11 Å². The molecule has 1 aliphatic carbocycles. The first kappa shape index (κ1) is 18.2. The lowest BCUT2D eigenvalue weighted by molar-refractivity contribution is -0.136. The number of hydrogen-bond acceptors (Lipinski definition) is 5. The molecule has 1 unspecified atom stereocenters. The number of aliphatic carboxylic acids is 1. The minimum absolute atomic E-state index is 0.194. The van der Waals surface area contributed by atoms with Gasteiger partial charge < -0.3 is 14.7 Å². The lowest BCUT2D eigenvalue weighted by Gasteiger charge is -2.29. The monoisotopic (exact) mass is 390 g/mol. The zero-order valence-electron chi connectivity index (χ0n) is 14.1. The molecule has 0 fully saturated rings. The van der Waals surface area contributed by atoms with E-state index in [2.05, 4.69) is 0 Å². The Bertz CT molecular complexity index is 935. The van der Waals surface area contributed by atoms with Crippen LogP contribution < -0.4 is 0 Å². The molecule has 1 atom stereocenters. The molecule has 0 saturated heterocycles. The Labute approximate surface area is 159 Å². The number of fused-ring (bicyclic) bond motifs is 1. The summed E-state index contributed by atoms with van der Waals surface area (Å²) in [5, 5.41) is 18.7. The van der Waals surface area contributed by atoms with Crippen LogP contribution in [0, 0.1) is 11.3 Å². The summed E-state index contributed by atoms with van der Waals surface area (Å²) in [5.41, 5.74) is 1.91. The maximum atomic E-state index is 13.1. The number of amides is 1. The van der Waals surface area contributed by atoms with Crippen LogP contribution in [-0.4, -0.2) is 35.0 Å². The number of carbonyl (C=O) groups is 2. The molecular formula is C18H15ClN2O4S. The highest BCUT2D eigenvalue weighted by molar-refractivity contribution is 7.14. The van der Waals surface area contributed by atoms with Gasteiger partial charge in [0.2, 0.25) is 0 Å². The number of halogens is 1. The first-order valence-electron chi connectivity index (χ1n) is 7.77. The Morgan fingerprint density at radius 1 is 1.50 bits per heavy atom. The van der Waals surface area contributed by atoms with Crippen LogP contribution in [0.5, 0.6) is 0 Å². The average molecular weight is 391 g/mol. The van der Waals surface area contributed by atoms with Gasteiger partial charge in [0.25, 0.3) is 5.91 Å². The Morgan fingerprint density at radius 3 is 2.81 bits per heavy atom. The number of thiophene rings is 1. The van der Waals surface area contributed by atoms with E-state index in [1.54, 1.807) is 30.0 Å². The molecule has 8 heteroatoms. The smallest absolute Gasteiger partial charge is 0.307 e. The number of carbonyl (C=O) groups excluding carboxylic acids is 1. The average Bonchev–Trinajstić information content (AvgIpc) is 3.17. The van der Waals surface area contributed by atoms with Crippen LogP contribution in [-0.2, 0) is 9.53 Å². The van der Waals surface area contributed by atoms with Crippen LogP contribution in [0.25, 0.3) is 0 Å². The van der Waals surface area contributed by atoms with Crippen molar-refractivity contribution in [1.29, 1.82) is 5.26 Å². The molecule has 0 bridgehead atoms. The summed E-state index contributed by atoms with van der Waals surface area (Å²) in [6, 6.07) is 4.84. The van der Waals surface area contributed by atoms with Gasteiger partial charge in [0.15, 0.2) is 0 Å². The van der Waals surface area contributed by atoms with Crippen LogP contribution in [0.3, 0.4) is 0 Å². The van der Waals surface area contributed by atoms with Crippen LogP contribution in [0.1, 0.15) is 34.3 Å². The molecule has 1 aromatic heterocycles. The SMILES string of the molecule is COC1=C(Cl)CC2C(=C1)C(CC(=O)O)=C(C)N2C(=O)c1ccc(C#N)s1. The predicted octanol–water partition coefficient (Wildman–Crippen LogP) is 3.62. The van der Waals surface area contributed by atoms with E-state index < -0.39 is 5.97 Å². The molecule has 3 rings (SSSR count). The molecular weight excluding hydrogens is 376 g/mol. The molecule has 0 spiro atoms. The second kappa shape index (κ2) is 6.98. The Kier molecular flexibility index (Phi) is 4.90. The summed E-state index contributed by atoms with van der Waals surface area (Å²) in [6.07, 6.45) is 1.86. The first-order valence-corrected chi connectivity index (χ1v) is 8.96. The van der Waals surface area contributed by atoms with Gasteiger partial charge in [-0.2, -0.15) is 5.26 Å². The van der Waals surface area contributed by atoms with Gasteiger partial charge in [-0.05, 0) is 36.3 Å². The lowest BCUT2D eigenvalue weighted by Crippen LogP contribution is -2.36. The van der Waals surface area contributed by atoms with Gasteiger partial charge in [0, 0.05) is 12.1 Å². The van der Waals surface area contributed by atoms with Crippen LogP contribution in [0.4, 0.5) is 0 Å². The maximum Gasteiger partial charge on any atom is 0.307 e. The van der Waals surface area contributed by atoms with Crippen molar-refractivity contribution in [3.63, 3.8) is 0 Å². The Hall–Kier alpha value is -2.56. The molecule has 26 heavy (non-hydrogen) atoms. The summed E-state index contributed by atoms with van der Waals surface area (Å²) < 4.78 is 5.26. The Balaban J connectivity index is 2.06. The minimum Gasteiger partial charge on any atom is -0.496 e. The van der Waals surface area contributed by atoms with E-state index in [4.69, 9.17) is 21.6 Å². The molecule has 134 valence electrons. The topological polar surface area (TPSA) is 90.6 Å². The van der Waals surface area contributed by atoms with E-state index in [0.29, 0.717) is 38.2 Å². The molecule has 1 aliphatic heterocycles. The number of allylic oxidation sites excluding steroid dienone is 2. The number of ether oxygens (including phenoxy) is 1. The highest BCUT2D eigenvalue weighted by Gasteiger charge is 2.41. The highest BCUT2D eigenvalue weighted by Crippen LogP contribution is 2.44. The molecule has 6 nitrogen and oxygen atoms in total. The van der Waals surface area contributed by atoms with E-state index in [-0.39, 0.29) is 18.4 Å². The van der Waals surface area contributed by atoms with Crippen molar-refractivity contribution in [2.45, 2.75) is 25.8 Å². The van der Waals surface area contributed by atoms with Crippen molar-refractivity contribution >= 4 is 34.8 Å². The fourth-order valence-corrected chi connectivity index (χ4v) is 4.30. The van der Waals surface area contributed by atoms with E-state index in [1.807, 2.05) is 6.07 Å². The van der Waals surface area contributed by atoms with Crippen molar-refractivity contribution in [1.82, 2.24) is 4.90 Å². The Morgan fingerprint density at radius 2 is 2.23 bits per heavy atom. The van der Waals surface area contributed by atoms with Gasteiger partial charge in [-0.25, -0.2) is 0 Å². The third kappa shape index (κ3) is 3.02. The van der Waals surface area contributed by atoms with Crippen molar-refractivity contribution in [3.8, 4) is 6.07 Å². The highest BCUT2D eigenvalue weighted by atomic mass is 35.5. The molecule has 0 radical (unpaired) electrons. The van der Waals surface area contributed by atoms with Gasteiger partial charge in [-0.15, -0.1) is 11.3 Å². The summed E-state index contributed by atoms with van der Waals surface area (Å²) in [4.78, 5) is 26.8. The van der Waals surface area contributed by atoms with Crippen molar-refractivity contribution in [3.05, 3.63) is 55.6 Å². The van der Waals surface area contributed by atoms with Gasteiger partial charge in [0.05, 0.1) is 29.5 Å². The summed E-state index contributed by atoms with van der Waals surface area (Å²) >= 11 is 7.40. The number of nitrogens with zero attached hydrogens (tertiary/aromatic N) is 2. The van der Waals surface area contributed by atoms with E-state index in [9.17, 15) is 14.7 Å². The maximum absolute atomic E-state index is 13.1.